The first kappa shape index (κ1) is 16.1. The lowest BCUT2D eigenvalue weighted by Gasteiger charge is -2.21. The summed E-state index contributed by atoms with van der Waals surface area (Å²) >= 11 is 0. The van der Waals surface area contributed by atoms with Crippen LogP contribution in [0, 0.1) is 0 Å². The summed E-state index contributed by atoms with van der Waals surface area (Å²) in [5, 5.41) is 11.1. The Morgan fingerprint density at radius 1 is 1.39 bits per heavy atom. The lowest BCUT2D eigenvalue weighted by molar-refractivity contribution is -0.139. The molecule has 0 saturated heterocycles. The van der Waals surface area contributed by atoms with Gasteiger partial charge in [0.2, 0.25) is 0 Å². The van der Waals surface area contributed by atoms with Crippen LogP contribution in [0.1, 0.15) is 33.6 Å². The van der Waals surface area contributed by atoms with E-state index in [4.69, 9.17) is 9.84 Å². The second-order valence-electron chi connectivity index (χ2n) is 4.75. The molecule has 0 radical (unpaired) electrons. The highest BCUT2D eigenvalue weighted by atomic mass is 16.6. The molecule has 0 rings (SSSR count). The number of carbonyl (C=O) groups is 3. The van der Waals surface area contributed by atoms with Gasteiger partial charge in [-0.15, -0.1) is 0 Å². The molecule has 0 spiro atoms. The van der Waals surface area contributed by atoms with Gasteiger partial charge in [-0.05, 0) is 33.3 Å². The number of allylic oxidation sites excluding steroid dienone is 1. The minimum atomic E-state index is -1.21. The minimum Gasteiger partial charge on any atom is -0.480 e. The van der Waals surface area contributed by atoms with Crippen LogP contribution in [0.15, 0.2) is 12.7 Å². The van der Waals surface area contributed by atoms with Crippen LogP contribution in [-0.2, 0) is 14.3 Å². The molecule has 2 N–H and O–H groups in total. The summed E-state index contributed by atoms with van der Waals surface area (Å²) in [7, 11) is 0. The van der Waals surface area contributed by atoms with Crippen molar-refractivity contribution in [1.29, 1.82) is 0 Å². The zero-order valence-electron chi connectivity index (χ0n) is 10.9. The largest absolute Gasteiger partial charge is 0.480 e. The fourth-order valence-electron chi connectivity index (χ4n) is 1.10. The van der Waals surface area contributed by atoms with E-state index in [1.54, 1.807) is 20.8 Å². The number of carboxylic acid groups (broad SMARTS) is 1. The van der Waals surface area contributed by atoms with Gasteiger partial charge in [-0.3, -0.25) is 4.79 Å². The maximum Gasteiger partial charge on any atom is 0.408 e. The number of carboxylic acids is 1. The van der Waals surface area contributed by atoms with Gasteiger partial charge in [0.1, 0.15) is 11.6 Å². The summed E-state index contributed by atoms with van der Waals surface area (Å²) in [5.41, 5.74) is -0.704. The lowest BCUT2D eigenvalue weighted by atomic mass is 10.1. The van der Waals surface area contributed by atoms with Crippen molar-refractivity contribution in [2.24, 2.45) is 0 Å². The van der Waals surface area contributed by atoms with Crippen LogP contribution in [0.5, 0.6) is 0 Å². The van der Waals surface area contributed by atoms with Crippen LogP contribution in [0.25, 0.3) is 0 Å². The molecule has 0 unspecified atom stereocenters. The number of aliphatic carboxylic acids is 1. The van der Waals surface area contributed by atoms with Crippen molar-refractivity contribution in [2.45, 2.75) is 45.3 Å². The number of ether oxygens (including phenoxy) is 1. The smallest absolute Gasteiger partial charge is 0.408 e. The van der Waals surface area contributed by atoms with Crippen LogP contribution < -0.4 is 5.32 Å². The molecule has 1 amide bonds. The number of rotatable bonds is 6. The third-order valence-corrected chi connectivity index (χ3v) is 1.90. The maximum absolute atomic E-state index is 11.4. The van der Waals surface area contributed by atoms with E-state index in [0.717, 1.165) is 6.08 Å². The lowest BCUT2D eigenvalue weighted by Crippen LogP contribution is -2.43. The number of hydrogen-bond acceptors (Lipinski definition) is 4. The van der Waals surface area contributed by atoms with Gasteiger partial charge in [0.15, 0.2) is 5.78 Å². The fraction of sp³-hybridized carbons (Fsp3) is 0.583. The molecule has 0 aliphatic rings. The van der Waals surface area contributed by atoms with Gasteiger partial charge in [-0.1, -0.05) is 6.58 Å². The number of ketones is 1. The Balaban J connectivity index is 4.36. The quantitative estimate of drug-likeness (QED) is 0.703. The van der Waals surface area contributed by atoms with Crippen LogP contribution in [-0.4, -0.2) is 34.6 Å². The molecule has 0 aromatic rings. The molecule has 0 heterocycles. The van der Waals surface area contributed by atoms with Gasteiger partial charge in [0, 0.05) is 6.42 Å². The number of carbonyl (C=O) groups excluding carboxylic acids is 2. The Bertz CT molecular complexity index is 343. The molecule has 18 heavy (non-hydrogen) atoms. The Kier molecular flexibility index (Phi) is 6.08. The highest BCUT2D eigenvalue weighted by molar-refractivity contribution is 5.89. The average Bonchev–Trinajstić information content (AvgIpc) is 2.20. The number of alkyl carbamates (subject to hydrolysis) is 1. The van der Waals surface area contributed by atoms with E-state index in [-0.39, 0.29) is 18.6 Å². The van der Waals surface area contributed by atoms with Gasteiger partial charge in [0.05, 0.1) is 0 Å². The highest BCUT2D eigenvalue weighted by Crippen LogP contribution is 2.08. The standard InChI is InChI=1S/C12H19NO5/c1-5-8(14)6-7-9(10(15)16)13-11(17)18-12(2,3)4/h5,9H,1,6-7H2,2-4H3,(H,13,17)(H,15,16)/t9-/m0/s1. The molecule has 0 aliphatic heterocycles. The number of nitrogens with one attached hydrogen (secondary N) is 1. The van der Waals surface area contributed by atoms with Gasteiger partial charge in [-0.2, -0.15) is 0 Å². The molecule has 0 aromatic carbocycles. The van der Waals surface area contributed by atoms with E-state index in [1.807, 2.05) is 0 Å². The molecular formula is C12H19NO5. The average molecular weight is 257 g/mol. The first-order chi connectivity index (χ1) is 8.15. The molecule has 0 aromatic heterocycles. The van der Waals surface area contributed by atoms with Crippen LogP contribution in [0.4, 0.5) is 4.79 Å². The van der Waals surface area contributed by atoms with Crippen molar-refractivity contribution in [3.8, 4) is 0 Å². The first-order valence-corrected chi connectivity index (χ1v) is 5.53. The molecular weight excluding hydrogens is 238 g/mol. The summed E-state index contributed by atoms with van der Waals surface area (Å²) in [6, 6.07) is -1.15. The minimum absolute atomic E-state index is 0.000566. The van der Waals surface area contributed by atoms with E-state index in [0.29, 0.717) is 0 Å². The molecule has 6 nitrogen and oxygen atoms in total. The molecule has 6 heteroatoms. The Labute approximate surface area is 106 Å². The molecule has 0 fully saturated rings. The highest BCUT2D eigenvalue weighted by Gasteiger charge is 2.24. The summed E-state index contributed by atoms with van der Waals surface area (Å²) in [6.45, 7) is 8.29. The second-order valence-corrected chi connectivity index (χ2v) is 4.75. The molecule has 0 bridgehead atoms. The van der Waals surface area contributed by atoms with Crippen LogP contribution >= 0.6 is 0 Å². The SMILES string of the molecule is C=CC(=O)CC[C@H](NC(=O)OC(C)(C)C)C(=O)O. The predicted octanol–water partition coefficient (Wildman–Crippen LogP) is 1.50. The molecule has 1 atom stereocenters. The summed E-state index contributed by atoms with van der Waals surface area (Å²) in [6.07, 6.45) is 0.309. The summed E-state index contributed by atoms with van der Waals surface area (Å²) in [4.78, 5) is 33.3. The molecule has 102 valence electrons. The Hall–Kier alpha value is -1.85. The van der Waals surface area contributed by atoms with Crippen LogP contribution in [0.3, 0.4) is 0 Å². The third-order valence-electron chi connectivity index (χ3n) is 1.90. The van der Waals surface area contributed by atoms with Gasteiger partial charge in [-0.25, -0.2) is 9.59 Å². The van der Waals surface area contributed by atoms with Crippen molar-refractivity contribution in [3.05, 3.63) is 12.7 Å². The van der Waals surface area contributed by atoms with Crippen molar-refractivity contribution < 1.29 is 24.2 Å². The van der Waals surface area contributed by atoms with E-state index < -0.39 is 23.7 Å². The summed E-state index contributed by atoms with van der Waals surface area (Å²) < 4.78 is 4.93. The molecule has 0 saturated carbocycles. The molecule has 0 aliphatic carbocycles. The van der Waals surface area contributed by atoms with Crippen molar-refractivity contribution in [1.82, 2.24) is 5.32 Å². The second kappa shape index (κ2) is 6.78. The van der Waals surface area contributed by atoms with E-state index in [1.165, 1.54) is 0 Å². The van der Waals surface area contributed by atoms with E-state index >= 15 is 0 Å². The third kappa shape index (κ3) is 7.43. The number of hydrogen-bond donors (Lipinski definition) is 2. The normalized spacial score (nSPS) is 12.4. The zero-order chi connectivity index (χ0) is 14.3. The number of amides is 1. The van der Waals surface area contributed by atoms with Gasteiger partial charge in [0.25, 0.3) is 0 Å². The van der Waals surface area contributed by atoms with E-state index in [9.17, 15) is 14.4 Å². The first-order valence-electron chi connectivity index (χ1n) is 5.53. The predicted molar refractivity (Wildman–Crippen MR) is 65.2 cm³/mol. The van der Waals surface area contributed by atoms with E-state index in [2.05, 4.69) is 11.9 Å². The van der Waals surface area contributed by atoms with Crippen molar-refractivity contribution in [2.75, 3.05) is 0 Å². The monoisotopic (exact) mass is 257 g/mol. The Morgan fingerprint density at radius 2 is 1.94 bits per heavy atom. The van der Waals surface area contributed by atoms with Crippen molar-refractivity contribution in [3.63, 3.8) is 0 Å². The Morgan fingerprint density at radius 3 is 2.33 bits per heavy atom. The van der Waals surface area contributed by atoms with Crippen LogP contribution in [0.2, 0.25) is 0 Å². The summed E-state index contributed by atoms with van der Waals surface area (Å²) in [5.74, 6) is -1.48. The van der Waals surface area contributed by atoms with Crippen molar-refractivity contribution >= 4 is 17.8 Å². The van der Waals surface area contributed by atoms with Gasteiger partial charge < -0.3 is 15.2 Å². The zero-order valence-corrected chi connectivity index (χ0v) is 10.9. The maximum atomic E-state index is 11.4. The topological polar surface area (TPSA) is 92.7 Å². The van der Waals surface area contributed by atoms with Gasteiger partial charge >= 0.3 is 12.1 Å². The fourth-order valence-corrected chi connectivity index (χ4v) is 1.10.